The van der Waals surface area contributed by atoms with Gasteiger partial charge in [-0.05, 0) is 0 Å². The van der Waals surface area contributed by atoms with Crippen molar-refractivity contribution in [2.45, 2.75) is 13.5 Å². The van der Waals surface area contributed by atoms with Gasteiger partial charge in [0.15, 0.2) is 0 Å². The van der Waals surface area contributed by atoms with Crippen molar-refractivity contribution in [2.24, 2.45) is 4.99 Å². The van der Waals surface area contributed by atoms with Gasteiger partial charge in [-0.2, -0.15) is 0 Å². The molecule has 0 saturated heterocycles. The SMILES string of the molecule is CCn1c(C(=O)OC)c2c3c(nc4ccccc4c31)[Se]C(N(C)c1ccc(Cl)cc1)=N2. The number of methoxy groups -OCH3 is 1. The van der Waals surface area contributed by atoms with E-state index in [2.05, 4.69) is 0 Å². The molecule has 0 atom stereocenters. The molecule has 2 aromatic carbocycles. The molecule has 0 saturated carbocycles. The number of benzene rings is 2. The van der Waals surface area contributed by atoms with Crippen LogP contribution in [0.2, 0.25) is 5.02 Å². The fourth-order valence-corrected chi connectivity index (χ4v) is 6.16. The van der Waals surface area contributed by atoms with Crippen molar-refractivity contribution < 1.29 is 9.53 Å². The number of aryl methyl sites for hydroxylation is 1. The quantitative estimate of drug-likeness (QED) is 0.316. The Morgan fingerprint density at radius 3 is 2.65 bits per heavy atom. The van der Waals surface area contributed by atoms with Crippen molar-refractivity contribution in [3.8, 4) is 0 Å². The van der Waals surface area contributed by atoms with Gasteiger partial charge in [0.2, 0.25) is 0 Å². The molecule has 3 heterocycles. The van der Waals surface area contributed by atoms with E-state index < -0.39 is 5.97 Å². The van der Waals surface area contributed by atoms with Crippen molar-refractivity contribution in [2.75, 3.05) is 19.1 Å². The third kappa shape index (κ3) is 3.12. The number of carbonyl (C=O) groups is 1. The molecule has 0 aliphatic carbocycles. The van der Waals surface area contributed by atoms with Crippen LogP contribution in [0.5, 0.6) is 0 Å². The zero-order valence-corrected chi connectivity index (χ0v) is 19.7. The molecule has 0 unspecified atom stereocenters. The Labute approximate surface area is 190 Å². The summed E-state index contributed by atoms with van der Waals surface area (Å²) in [5.41, 5.74) is 3.99. The van der Waals surface area contributed by atoms with Crippen LogP contribution in [0.15, 0.2) is 53.5 Å². The summed E-state index contributed by atoms with van der Waals surface area (Å²) >= 11 is 5.92. The Morgan fingerprint density at radius 2 is 1.94 bits per heavy atom. The topological polar surface area (TPSA) is 59.7 Å². The zero-order valence-electron chi connectivity index (χ0n) is 17.2. The number of hydrogen-bond donors (Lipinski definition) is 0. The first-order valence-corrected chi connectivity index (χ1v) is 11.9. The van der Waals surface area contributed by atoms with Crippen molar-refractivity contribution >= 4 is 75.0 Å². The molecule has 1 aliphatic heterocycles. The Morgan fingerprint density at radius 1 is 1.19 bits per heavy atom. The van der Waals surface area contributed by atoms with E-state index in [1.54, 1.807) is 0 Å². The minimum atomic E-state index is -0.394. The summed E-state index contributed by atoms with van der Waals surface area (Å²) in [4.78, 5) is 24.8. The molecule has 0 N–H and O–H groups in total. The molecule has 1 aliphatic rings. The van der Waals surface area contributed by atoms with Gasteiger partial charge in [-0.15, -0.1) is 0 Å². The summed E-state index contributed by atoms with van der Waals surface area (Å²) in [7, 11) is 3.38. The molecule has 8 heteroatoms. The van der Waals surface area contributed by atoms with Crippen LogP contribution in [0.4, 0.5) is 11.4 Å². The summed E-state index contributed by atoms with van der Waals surface area (Å²) in [5, 5.41) is 2.65. The maximum atomic E-state index is 12.8. The standard InChI is InChI=1S/C23H19ClN4O2Se/c1-4-28-19-15-7-5-6-8-16(15)25-21-17(19)18(20(28)22(29)30-3)26-23(31-21)27(2)14-11-9-13(24)10-12-14/h5-12H,4H2,1-3H3. The van der Waals surface area contributed by atoms with E-state index >= 15 is 0 Å². The van der Waals surface area contributed by atoms with E-state index in [4.69, 9.17) is 26.3 Å². The van der Waals surface area contributed by atoms with Crippen LogP contribution in [0.25, 0.3) is 21.8 Å². The number of ether oxygens (including phenoxy) is 1. The Kier molecular flexibility index (Phi) is 4.97. The van der Waals surface area contributed by atoms with E-state index in [9.17, 15) is 4.79 Å². The van der Waals surface area contributed by atoms with Gasteiger partial charge in [-0.3, -0.25) is 0 Å². The van der Waals surface area contributed by atoms with Crippen LogP contribution in [0.1, 0.15) is 17.4 Å². The summed E-state index contributed by atoms with van der Waals surface area (Å²) in [6.45, 7) is 2.65. The first-order chi connectivity index (χ1) is 15.0. The molecule has 6 nitrogen and oxygen atoms in total. The van der Waals surface area contributed by atoms with Gasteiger partial charge in [0.25, 0.3) is 0 Å². The van der Waals surface area contributed by atoms with E-state index in [-0.39, 0.29) is 15.0 Å². The van der Waals surface area contributed by atoms with Crippen LogP contribution in [0.3, 0.4) is 0 Å². The molecule has 0 fully saturated rings. The number of amidine groups is 1. The van der Waals surface area contributed by atoms with E-state index in [1.807, 2.05) is 72.0 Å². The van der Waals surface area contributed by atoms with Crippen LogP contribution in [0, 0.1) is 0 Å². The average molecular weight is 498 g/mol. The molecule has 0 bridgehead atoms. The third-order valence-electron chi connectivity index (χ3n) is 5.42. The van der Waals surface area contributed by atoms with E-state index in [0.29, 0.717) is 22.9 Å². The van der Waals surface area contributed by atoms with Crippen LogP contribution in [-0.2, 0) is 11.3 Å². The summed E-state index contributed by atoms with van der Waals surface area (Å²) < 4.78 is 8.99. The van der Waals surface area contributed by atoms with Gasteiger partial charge in [0, 0.05) is 0 Å². The average Bonchev–Trinajstić information content (AvgIpc) is 3.14. The molecule has 0 spiro atoms. The minimum absolute atomic E-state index is 0.142. The van der Waals surface area contributed by atoms with Gasteiger partial charge in [-0.1, -0.05) is 0 Å². The molecule has 31 heavy (non-hydrogen) atoms. The second-order valence-corrected chi connectivity index (χ2v) is 9.56. The fraction of sp³-hybridized carbons (Fsp3) is 0.174. The molecule has 2 aromatic heterocycles. The van der Waals surface area contributed by atoms with E-state index in [1.165, 1.54) is 7.11 Å². The number of pyridine rings is 1. The van der Waals surface area contributed by atoms with Crippen LogP contribution >= 0.6 is 11.6 Å². The van der Waals surface area contributed by atoms with Crippen LogP contribution in [-0.4, -0.2) is 49.4 Å². The molecule has 5 rings (SSSR count). The summed E-state index contributed by atoms with van der Waals surface area (Å²) in [6.07, 6.45) is 0. The summed E-state index contributed by atoms with van der Waals surface area (Å²) in [6, 6.07) is 15.7. The van der Waals surface area contributed by atoms with Gasteiger partial charge < -0.3 is 0 Å². The first-order valence-electron chi connectivity index (χ1n) is 9.82. The van der Waals surface area contributed by atoms with Crippen molar-refractivity contribution in [1.29, 1.82) is 0 Å². The normalized spacial score (nSPS) is 12.8. The molecular weight excluding hydrogens is 479 g/mol. The number of aliphatic imine (C=N–C) groups is 1. The van der Waals surface area contributed by atoms with Gasteiger partial charge in [0.05, 0.1) is 0 Å². The van der Waals surface area contributed by atoms with Crippen molar-refractivity contribution in [1.82, 2.24) is 9.55 Å². The maximum absolute atomic E-state index is 12.8. The van der Waals surface area contributed by atoms with E-state index in [0.717, 1.165) is 36.8 Å². The number of hydrogen-bond acceptors (Lipinski definition) is 5. The van der Waals surface area contributed by atoms with Crippen LogP contribution < -0.4 is 9.49 Å². The predicted octanol–water partition coefficient (Wildman–Crippen LogP) is 4.12. The van der Waals surface area contributed by atoms with Gasteiger partial charge in [-0.25, -0.2) is 0 Å². The number of nitrogens with zero attached hydrogens (tertiary/aromatic N) is 4. The second-order valence-electron chi connectivity index (χ2n) is 7.12. The number of rotatable bonds is 3. The number of halogens is 1. The number of esters is 1. The van der Waals surface area contributed by atoms with Crippen molar-refractivity contribution in [3.05, 3.63) is 59.2 Å². The van der Waals surface area contributed by atoms with Crippen molar-refractivity contribution in [3.63, 3.8) is 0 Å². The van der Waals surface area contributed by atoms with Gasteiger partial charge in [0.1, 0.15) is 0 Å². The second kappa shape index (κ2) is 7.68. The number of fused-ring (bicyclic) bond motifs is 2. The Balaban J connectivity index is 1.81. The number of carbonyl (C=O) groups excluding carboxylic acids is 1. The Bertz CT molecular complexity index is 1380. The molecule has 0 amide bonds. The fourth-order valence-electron chi connectivity index (χ4n) is 3.95. The first kappa shape index (κ1) is 20.1. The Hall–Kier alpha value is -2.86. The molecule has 4 aromatic rings. The summed E-state index contributed by atoms with van der Waals surface area (Å²) in [5.74, 6) is -0.394. The predicted molar refractivity (Wildman–Crippen MR) is 127 cm³/mol. The zero-order chi connectivity index (χ0) is 21.7. The van der Waals surface area contributed by atoms with Gasteiger partial charge >= 0.3 is 191 Å². The molecule has 0 radical (unpaired) electrons. The number of anilines is 1. The number of aromatic nitrogens is 2. The third-order valence-corrected chi connectivity index (χ3v) is 7.85. The monoisotopic (exact) mass is 498 g/mol. The molecular formula is C23H19ClN4O2Se. The number of para-hydroxylation sites is 1. The molecule has 156 valence electrons.